The SMILES string of the molecule is COc1cc(C(=O)NN=Cc2cccc([N+](=O)[O-])c2)ccc1O. The number of rotatable bonds is 5. The van der Waals surface area contributed by atoms with Gasteiger partial charge >= 0.3 is 0 Å². The topological polar surface area (TPSA) is 114 Å². The maximum Gasteiger partial charge on any atom is 0.271 e. The summed E-state index contributed by atoms with van der Waals surface area (Å²) in [6.45, 7) is 0. The van der Waals surface area contributed by atoms with Crippen LogP contribution in [0, 0.1) is 10.1 Å². The van der Waals surface area contributed by atoms with E-state index in [0.717, 1.165) is 0 Å². The predicted octanol–water partition coefficient (Wildman–Crippen LogP) is 2.07. The van der Waals surface area contributed by atoms with E-state index in [1.54, 1.807) is 6.07 Å². The molecule has 0 unspecified atom stereocenters. The Kier molecular flexibility index (Phi) is 4.88. The number of hydrazone groups is 1. The third kappa shape index (κ3) is 4.03. The van der Waals surface area contributed by atoms with Crippen LogP contribution in [0.25, 0.3) is 0 Å². The van der Waals surface area contributed by atoms with Crippen LogP contribution in [0.2, 0.25) is 0 Å². The van der Waals surface area contributed by atoms with Crippen molar-refractivity contribution < 1.29 is 19.6 Å². The maximum atomic E-state index is 11.9. The van der Waals surface area contributed by atoms with Crippen molar-refractivity contribution in [3.05, 3.63) is 63.7 Å². The molecule has 23 heavy (non-hydrogen) atoms. The number of carbonyl (C=O) groups is 1. The molecule has 8 nitrogen and oxygen atoms in total. The number of methoxy groups -OCH3 is 1. The van der Waals surface area contributed by atoms with Gasteiger partial charge in [-0.1, -0.05) is 12.1 Å². The summed E-state index contributed by atoms with van der Waals surface area (Å²) in [6.07, 6.45) is 1.29. The van der Waals surface area contributed by atoms with E-state index in [4.69, 9.17) is 4.74 Å². The van der Waals surface area contributed by atoms with E-state index in [0.29, 0.717) is 5.56 Å². The quantitative estimate of drug-likeness (QED) is 0.498. The van der Waals surface area contributed by atoms with Crippen molar-refractivity contribution in [3.63, 3.8) is 0 Å². The van der Waals surface area contributed by atoms with Crippen molar-refractivity contribution in [1.29, 1.82) is 0 Å². The van der Waals surface area contributed by atoms with E-state index >= 15 is 0 Å². The number of ether oxygens (including phenoxy) is 1. The molecule has 0 aliphatic heterocycles. The van der Waals surface area contributed by atoms with Gasteiger partial charge in [0, 0.05) is 23.3 Å². The number of amides is 1. The van der Waals surface area contributed by atoms with E-state index in [1.165, 1.54) is 49.7 Å². The maximum absolute atomic E-state index is 11.9. The Labute approximate surface area is 131 Å². The van der Waals surface area contributed by atoms with E-state index in [2.05, 4.69) is 10.5 Å². The summed E-state index contributed by atoms with van der Waals surface area (Å²) in [5.74, 6) is -0.422. The lowest BCUT2D eigenvalue weighted by molar-refractivity contribution is -0.384. The van der Waals surface area contributed by atoms with Crippen LogP contribution in [-0.2, 0) is 0 Å². The number of aromatic hydroxyl groups is 1. The molecular weight excluding hydrogens is 302 g/mol. The normalized spacial score (nSPS) is 10.5. The molecule has 0 saturated carbocycles. The average Bonchev–Trinajstić information content (AvgIpc) is 2.55. The molecule has 2 aromatic carbocycles. The molecule has 0 bridgehead atoms. The van der Waals surface area contributed by atoms with Gasteiger partial charge < -0.3 is 9.84 Å². The summed E-state index contributed by atoms with van der Waals surface area (Å²) in [5, 5.41) is 23.9. The molecule has 118 valence electrons. The molecule has 0 saturated heterocycles. The van der Waals surface area contributed by atoms with Crippen LogP contribution < -0.4 is 10.2 Å². The molecule has 8 heteroatoms. The van der Waals surface area contributed by atoms with Crippen LogP contribution >= 0.6 is 0 Å². The van der Waals surface area contributed by atoms with Crippen molar-refractivity contribution in [3.8, 4) is 11.5 Å². The molecule has 2 N–H and O–H groups in total. The molecule has 2 aromatic rings. The van der Waals surface area contributed by atoms with Gasteiger partial charge in [-0.05, 0) is 18.2 Å². The lowest BCUT2D eigenvalue weighted by Crippen LogP contribution is -2.17. The fourth-order valence-corrected chi connectivity index (χ4v) is 1.77. The first-order chi connectivity index (χ1) is 11.0. The molecule has 0 aromatic heterocycles. The second-order valence-corrected chi connectivity index (χ2v) is 4.44. The molecule has 0 spiro atoms. The number of phenolic OH excluding ortho intramolecular Hbond substituents is 1. The van der Waals surface area contributed by atoms with E-state index in [-0.39, 0.29) is 22.7 Å². The van der Waals surface area contributed by atoms with Crippen LogP contribution in [-0.4, -0.2) is 29.3 Å². The summed E-state index contributed by atoms with van der Waals surface area (Å²) < 4.78 is 4.91. The molecule has 0 aliphatic carbocycles. The number of nitrogens with zero attached hydrogens (tertiary/aromatic N) is 2. The summed E-state index contributed by atoms with van der Waals surface area (Å²) in [7, 11) is 1.37. The number of nitrogens with one attached hydrogen (secondary N) is 1. The highest BCUT2D eigenvalue weighted by Crippen LogP contribution is 2.26. The minimum atomic E-state index is -0.515. The average molecular weight is 315 g/mol. The first-order valence-electron chi connectivity index (χ1n) is 6.46. The Balaban J connectivity index is 2.06. The lowest BCUT2D eigenvalue weighted by Gasteiger charge is -2.05. The monoisotopic (exact) mass is 315 g/mol. The van der Waals surface area contributed by atoms with Gasteiger partial charge in [-0.15, -0.1) is 0 Å². The fraction of sp³-hybridized carbons (Fsp3) is 0.0667. The van der Waals surface area contributed by atoms with E-state index < -0.39 is 10.8 Å². The number of nitro benzene ring substituents is 1. The van der Waals surface area contributed by atoms with Gasteiger partial charge in [0.25, 0.3) is 11.6 Å². The molecule has 0 fully saturated rings. The Morgan fingerprint density at radius 3 is 2.83 bits per heavy atom. The second-order valence-electron chi connectivity index (χ2n) is 4.44. The zero-order valence-corrected chi connectivity index (χ0v) is 12.1. The summed E-state index contributed by atoms with van der Waals surface area (Å²) >= 11 is 0. The second kappa shape index (κ2) is 7.03. The molecule has 0 heterocycles. The molecular formula is C15H13N3O5. The zero-order chi connectivity index (χ0) is 16.8. The summed E-state index contributed by atoms with van der Waals surface area (Å²) in [6, 6.07) is 9.94. The Morgan fingerprint density at radius 1 is 1.35 bits per heavy atom. The molecule has 0 aliphatic rings. The van der Waals surface area contributed by atoms with Crippen LogP contribution in [0.4, 0.5) is 5.69 Å². The smallest absolute Gasteiger partial charge is 0.271 e. The predicted molar refractivity (Wildman–Crippen MR) is 82.8 cm³/mol. The number of hydrogen-bond donors (Lipinski definition) is 2. The highest BCUT2D eigenvalue weighted by Gasteiger charge is 2.09. The van der Waals surface area contributed by atoms with Gasteiger partial charge in [-0.2, -0.15) is 5.10 Å². The van der Waals surface area contributed by atoms with Gasteiger partial charge in [0.05, 0.1) is 18.2 Å². The first-order valence-corrected chi connectivity index (χ1v) is 6.46. The van der Waals surface area contributed by atoms with Gasteiger partial charge in [0.2, 0.25) is 0 Å². The largest absolute Gasteiger partial charge is 0.504 e. The standard InChI is InChI=1S/C15H13N3O5/c1-23-14-8-11(5-6-13(14)19)15(20)17-16-9-10-3-2-4-12(7-10)18(21)22/h2-9,19H,1H3,(H,17,20). The summed E-state index contributed by atoms with van der Waals surface area (Å²) in [4.78, 5) is 22.1. The van der Waals surface area contributed by atoms with Crippen molar-refractivity contribution in [2.24, 2.45) is 5.10 Å². The Bertz CT molecular complexity index is 773. The van der Waals surface area contributed by atoms with Crippen LogP contribution in [0.5, 0.6) is 11.5 Å². The third-order valence-corrected chi connectivity index (χ3v) is 2.90. The highest BCUT2D eigenvalue weighted by atomic mass is 16.6. The van der Waals surface area contributed by atoms with Crippen LogP contribution in [0.1, 0.15) is 15.9 Å². The zero-order valence-electron chi connectivity index (χ0n) is 12.1. The summed E-state index contributed by atoms with van der Waals surface area (Å²) in [5.41, 5.74) is 2.95. The number of carbonyl (C=O) groups excluding carboxylic acids is 1. The Morgan fingerprint density at radius 2 is 2.13 bits per heavy atom. The van der Waals surface area contributed by atoms with E-state index in [9.17, 15) is 20.0 Å². The highest BCUT2D eigenvalue weighted by molar-refractivity contribution is 5.95. The van der Waals surface area contributed by atoms with Gasteiger partial charge in [0.1, 0.15) is 0 Å². The minimum Gasteiger partial charge on any atom is -0.504 e. The minimum absolute atomic E-state index is 0.0662. The van der Waals surface area contributed by atoms with Gasteiger partial charge in [-0.25, -0.2) is 5.43 Å². The first kappa shape index (κ1) is 16.0. The molecule has 0 atom stereocenters. The van der Waals surface area contributed by atoms with Gasteiger partial charge in [0.15, 0.2) is 11.5 Å². The van der Waals surface area contributed by atoms with Crippen LogP contribution in [0.3, 0.4) is 0 Å². The molecule has 2 rings (SSSR count). The van der Waals surface area contributed by atoms with Crippen molar-refractivity contribution >= 4 is 17.8 Å². The van der Waals surface area contributed by atoms with Crippen molar-refractivity contribution in [1.82, 2.24) is 5.43 Å². The van der Waals surface area contributed by atoms with Crippen molar-refractivity contribution in [2.45, 2.75) is 0 Å². The number of hydrogen-bond acceptors (Lipinski definition) is 6. The fourth-order valence-electron chi connectivity index (χ4n) is 1.77. The molecule has 1 amide bonds. The molecule has 0 radical (unpaired) electrons. The van der Waals surface area contributed by atoms with E-state index in [1.807, 2.05) is 0 Å². The lowest BCUT2D eigenvalue weighted by atomic mass is 10.2. The number of benzene rings is 2. The van der Waals surface area contributed by atoms with Gasteiger partial charge in [-0.3, -0.25) is 14.9 Å². The van der Waals surface area contributed by atoms with Crippen molar-refractivity contribution in [2.75, 3.05) is 7.11 Å². The number of nitro groups is 1. The number of non-ortho nitro benzene ring substituents is 1. The number of phenols is 1. The van der Waals surface area contributed by atoms with Crippen LogP contribution in [0.15, 0.2) is 47.6 Å². The Hall–Kier alpha value is -3.42. The third-order valence-electron chi connectivity index (χ3n) is 2.90.